The van der Waals surface area contributed by atoms with Crippen LogP contribution in [0.3, 0.4) is 0 Å². The van der Waals surface area contributed by atoms with E-state index in [1.807, 2.05) is 67.6 Å². The van der Waals surface area contributed by atoms with Gasteiger partial charge in [0.2, 0.25) is 0 Å². The van der Waals surface area contributed by atoms with Gasteiger partial charge in [-0.05, 0) is 43.0 Å². The number of carbonyl (C=O) groups is 1. The molecule has 0 aromatic heterocycles. The molecule has 3 aromatic carbocycles. The Labute approximate surface area is 207 Å². The molecule has 5 nitrogen and oxygen atoms in total. The van der Waals surface area contributed by atoms with Crippen LogP contribution in [0.25, 0.3) is 6.08 Å². The Bertz CT molecular complexity index is 1170. The number of aryl methyl sites for hydroxylation is 1. The summed E-state index contributed by atoms with van der Waals surface area (Å²) in [6.45, 7) is 4.38. The zero-order valence-corrected chi connectivity index (χ0v) is 20.3. The number of ether oxygens (including phenoxy) is 3. The fourth-order valence-corrected chi connectivity index (χ4v) is 4.22. The summed E-state index contributed by atoms with van der Waals surface area (Å²) in [6, 6.07) is 20.5. The topological polar surface area (TPSA) is 65.0 Å². The number of aromatic hydroxyl groups is 1. The number of fused-ring (bicyclic) bond motifs is 2. The molecule has 0 saturated carbocycles. The van der Waals surface area contributed by atoms with Gasteiger partial charge in [0.25, 0.3) is 0 Å². The van der Waals surface area contributed by atoms with Gasteiger partial charge >= 0.3 is 5.97 Å². The highest BCUT2D eigenvalue weighted by atomic mass is 16.6. The van der Waals surface area contributed by atoms with E-state index < -0.39 is 18.2 Å². The van der Waals surface area contributed by atoms with Crippen molar-refractivity contribution < 1.29 is 24.1 Å². The van der Waals surface area contributed by atoms with Crippen LogP contribution in [0, 0.1) is 6.92 Å². The monoisotopic (exact) mass is 472 g/mol. The second-order valence-electron chi connectivity index (χ2n) is 8.81. The summed E-state index contributed by atoms with van der Waals surface area (Å²) in [6.07, 6.45) is 6.52. The number of esters is 1. The Hall–Kier alpha value is -3.57. The first-order valence-corrected chi connectivity index (χ1v) is 12.2. The van der Waals surface area contributed by atoms with Crippen molar-refractivity contribution in [2.45, 2.75) is 58.3 Å². The molecule has 0 spiro atoms. The molecule has 182 valence electrons. The van der Waals surface area contributed by atoms with Crippen molar-refractivity contribution in [2.75, 3.05) is 0 Å². The van der Waals surface area contributed by atoms with Crippen LogP contribution in [0.1, 0.15) is 59.7 Å². The number of cyclic esters (lactones) is 1. The van der Waals surface area contributed by atoms with Crippen molar-refractivity contribution in [2.24, 2.45) is 0 Å². The molecule has 1 N–H and O–H groups in total. The van der Waals surface area contributed by atoms with Crippen LogP contribution in [-0.4, -0.2) is 23.3 Å². The first-order chi connectivity index (χ1) is 17.1. The maximum Gasteiger partial charge on any atom is 0.342 e. The van der Waals surface area contributed by atoms with Crippen molar-refractivity contribution in [3.63, 3.8) is 0 Å². The van der Waals surface area contributed by atoms with Gasteiger partial charge in [0.05, 0.1) is 6.61 Å². The van der Waals surface area contributed by atoms with Crippen LogP contribution in [-0.2, 0) is 16.1 Å². The molecule has 0 radical (unpaired) electrons. The minimum Gasteiger partial charge on any atom is -0.504 e. The zero-order valence-electron chi connectivity index (χ0n) is 20.3. The summed E-state index contributed by atoms with van der Waals surface area (Å²) in [5.41, 5.74) is 2.82. The third-order valence-corrected chi connectivity index (χ3v) is 6.14. The summed E-state index contributed by atoms with van der Waals surface area (Å²) >= 11 is 0. The van der Waals surface area contributed by atoms with Crippen LogP contribution in [0.4, 0.5) is 0 Å². The molecule has 3 aromatic rings. The second kappa shape index (κ2) is 11.7. The Morgan fingerprint density at radius 1 is 0.971 bits per heavy atom. The first-order valence-electron chi connectivity index (χ1n) is 12.2. The number of phenols is 1. The number of rotatable bonds is 7. The van der Waals surface area contributed by atoms with Crippen molar-refractivity contribution in [3.05, 3.63) is 95.1 Å². The number of hydrogen-bond acceptors (Lipinski definition) is 5. The Kier molecular flexibility index (Phi) is 8.22. The molecule has 1 aliphatic heterocycles. The van der Waals surface area contributed by atoms with E-state index in [-0.39, 0.29) is 11.5 Å². The molecule has 5 heteroatoms. The fourth-order valence-electron chi connectivity index (χ4n) is 4.22. The van der Waals surface area contributed by atoms with Crippen molar-refractivity contribution in [3.8, 4) is 17.2 Å². The van der Waals surface area contributed by atoms with Crippen LogP contribution in [0.15, 0.2) is 72.8 Å². The molecule has 0 saturated heterocycles. The molecule has 35 heavy (non-hydrogen) atoms. The normalized spacial score (nSPS) is 18.4. The number of hydrogen-bond donors (Lipinski definition) is 1. The van der Waals surface area contributed by atoms with Gasteiger partial charge in [-0.1, -0.05) is 86.5 Å². The van der Waals surface area contributed by atoms with E-state index in [0.717, 1.165) is 30.4 Å². The molecule has 1 heterocycles. The third kappa shape index (κ3) is 6.11. The predicted octanol–water partition coefficient (Wildman–Crippen LogP) is 7.21. The number of phenolic OH excluding ortho intramolecular Hbond substituents is 1. The first kappa shape index (κ1) is 24.6. The van der Waals surface area contributed by atoms with Gasteiger partial charge < -0.3 is 19.3 Å². The van der Waals surface area contributed by atoms with Gasteiger partial charge in [0, 0.05) is 5.56 Å². The van der Waals surface area contributed by atoms with Gasteiger partial charge in [0.15, 0.2) is 11.5 Å². The van der Waals surface area contributed by atoms with E-state index >= 15 is 0 Å². The molecule has 0 fully saturated rings. The quantitative estimate of drug-likeness (QED) is 0.291. The number of benzene rings is 3. The molecule has 4 rings (SSSR count). The Morgan fingerprint density at radius 3 is 2.57 bits per heavy atom. The van der Waals surface area contributed by atoms with E-state index in [2.05, 4.69) is 6.92 Å². The van der Waals surface area contributed by atoms with Gasteiger partial charge in [-0.25, -0.2) is 4.79 Å². The van der Waals surface area contributed by atoms with Crippen LogP contribution in [0.2, 0.25) is 0 Å². The lowest BCUT2D eigenvalue weighted by Gasteiger charge is -2.26. The predicted molar refractivity (Wildman–Crippen MR) is 137 cm³/mol. The van der Waals surface area contributed by atoms with Gasteiger partial charge in [0.1, 0.15) is 23.5 Å². The number of carbonyl (C=O) groups excluding carboxylic acids is 1. The summed E-state index contributed by atoms with van der Waals surface area (Å²) in [4.78, 5) is 13.5. The molecule has 0 aliphatic carbocycles. The van der Waals surface area contributed by atoms with E-state index in [9.17, 15) is 9.90 Å². The summed E-state index contributed by atoms with van der Waals surface area (Å²) in [7, 11) is 0. The highest BCUT2D eigenvalue weighted by Gasteiger charge is 2.28. The lowest BCUT2D eigenvalue weighted by atomic mass is 10.0. The Morgan fingerprint density at radius 2 is 1.77 bits per heavy atom. The van der Waals surface area contributed by atoms with E-state index in [1.165, 1.54) is 0 Å². The van der Waals surface area contributed by atoms with Crippen molar-refractivity contribution in [1.82, 2.24) is 0 Å². The fraction of sp³-hybridized carbons (Fsp3) is 0.300. The molecular formula is C30H32O5. The minimum absolute atomic E-state index is 0.00605. The van der Waals surface area contributed by atoms with Crippen LogP contribution in [0.5, 0.6) is 17.2 Å². The maximum atomic E-state index is 13.5. The maximum absolute atomic E-state index is 13.5. The number of para-hydroxylation sites is 1. The summed E-state index contributed by atoms with van der Waals surface area (Å²) < 4.78 is 18.5. The van der Waals surface area contributed by atoms with Crippen molar-refractivity contribution >= 4 is 12.0 Å². The molecule has 1 aliphatic rings. The van der Waals surface area contributed by atoms with Gasteiger partial charge in [-0.2, -0.15) is 0 Å². The van der Waals surface area contributed by atoms with Crippen LogP contribution >= 0.6 is 0 Å². The molecule has 0 unspecified atom stereocenters. The van der Waals surface area contributed by atoms with Crippen LogP contribution < -0.4 is 4.74 Å². The lowest BCUT2D eigenvalue weighted by Crippen LogP contribution is -2.32. The molecule has 0 bridgehead atoms. The highest BCUT2D eigenvalue weighted by molar-refractivity contribution is 5.94. The third-order valence-electron chi connectivity index (χ3n) is 6.14. The molecule has 0 amide bonds. The van der Waals surface area contributed by atoms with E-state index in [0.29, 0.717) is 29.9 Å². The highest BCUT2D eigenvalue weighted by Crippen LogP contribution is 2.38. The smallest absolute Gasteiger partial charge is 0.342 e. The summed E-state index contributed by atoms with van der Waals surface area (Å²) in [5, 5.41) is 10.6. The van der Waals surface area contributed by atoms with Gasteiger partial charge in [-0.15, -0.1) is 0 Å². The zero-order chi connectivity index (χ0) is 24.6. The average Bonchev–Trinajstić information content (AvgIpc) is 2.87. The number of unbranched alkanes of at least 4 members (excludes halogenated alkanes) is 2. The molecule has 2 atom stereocenters. The molecular weight excluding hydrogens is 440 g/mol. The van der Waals surface area contributed by atoms with Gasteiger partial charge in [-0.3, -0.25) is 0 Å². The largest absolute Gasteiger partial charge is 0.504 e. The SMILES string of the molecule is CCCCC[C@@H]1OC(=O)c2c(C)cccc2Oc2c(O)cccc2/C=C/[C@H]1OCc1ccccc1. The second-order valence-corrected chi connectivity index (χ2v) is 8.81. The Balaban J connectivity index is 1.76. The summed E-state index contributed by atoms with van der Waals surface area (Å²) in [5.74, 6) is 0.172. The average molecular weight is 473 g/mol. The lowest BCUT2D eigenvalue weighted by molar-refractivity contribution is -0.0419. The van der Waals surface area contributed by atoms with Crippen molar-refractivity contribution in [1.29, 1.82) is 0 Å². The minimum atomic E-state index is -0.475. The van der Waals surface area contributed by atoms with E-state index in [4.69, 9.17) is 14.2 Å². The van der Waals surface area contributed by atoms with E-state index in [1.54, 1.807) is 18.2 Å². The standard InChI is InChI=1S/C30H32O5/c1-3-4-6-16-26-25(33-20-22-12-7-5-8-13-22)19-18-23-14-10-15-24(31)29(23)34-27-17-9-11-21(2)28(27)30(32)35-26/h5,7-15,17-19,25-26,31H,3-4,6,16,20H2,1-2H3/b19-18+/t25-,26+/m1/s1.